The Labute approximate surface area is 188 Å². The second kappa shape index (κ2) is 8.43. The lowest BCUT2D eigenvalue weighted by Gasteiger charge is -2.30. The zero-order chi connectivity index (χ0) is 21.5. The highest BCUT2D eigenvalue weighted by atomic mass is 35.5. The van der Waals surface area contributed by atoms with Crippen LogP contribution in [0.25, 0.3) is 10.2 Å². The standard InChI is InChI=1S/C20H19Cl2N3O3S2/c1-12-2-7-16(22)18-17(12)23-20(29-18)24-19(26)13-8-10-25(11-9-13)30(27,28)15-5-3-14(21)4-6-15/h2-7,13H,8-11H2,1H3,(H,23,24,26). The number of aryl methyl sites for hydroxylation is 1. The third kappa shape index (κ3) is 4.20. The van der Waals surface area contributed by atoms with E-state index < -0.39 is 10.0 Å². The van der Waals surface area contributed by atoms with E-state index in [4.69, 9.17) is 23.2 Å². The van der Waals surface area contributed by atoms with E-state index in [2.05, 4.69) is 10.3 Å². The molecule has 4 rings (SSSR count). The summed E-state index contributed by atoms with van der Waals surface area (Å²) in [4.78, 5) is 17.4. The number of hydrogen-bond acceptors (Lipinski definition) is 5. The number of benzene rings is 2. The largest absolute Gasteiger partial charge is 0.302 e. The number of nitrogens with zero attached hydrogens (tertiary/aromatic N) is 2. The number of aromatic nitrogens is 1. The maximum Gasteiger partial charge on any atom is 0.243 e. The minimum Gasteiger partial charge on any atom is -0.302 e. The first-order valence-corrected chi connectivity index (χ1v) is 12.4. The van der Waals surface area contributed by atoms with Crippen LogP contribution in [0.5, 0.6) is 0 Å². The summed E-state index contributed by atoms with van der Waals surface area (Å²) in [5.41, 5.74) is 1.78. The second-order valence-electron chi connectivity index (χ2n) is 7.18. The van der Waals surface area contributed by atoms with Crippen molar-refractivity contribution in [3.63, 3.8) is 0 Å². The molecule has 1 aliphatic heterocycles. The highest BCUT2D eigenvalue weighted by molar-refractivity contribution is 7.89. The van der Waals surface area contributed by atoms with Crippen molar-refractivity contribution in [1.82, 2.24) is 9.29 Å². The van der Waals surface area contributed by atoms with E-state index in [-0.39, 0.29) is 29.8 Å². The van der Waals surface area contributed by atoms with Gasteiger partial charge in [0.05, 0.1) is 20.1 Å². The first-order chi connectivity index (χ1) is 14.3. The molecule has 1 aliphatic rings. The molecular weight excluding hydrogens is 465 g/mol. The molecule has 1 amide bonds. The number of carbonyl (C=O) groups is 1. The molecule has 2 heterocycles. The van der Waals surface area contributed by atoms with Gasteiger partial charge in [-0.05, 0) is 55.7 Å². The Morgan fingerprint density at radius 1 is 1.13 bits per heavy atom. The van der Waals surface area contributed by atoms with Crippen molar-refractivity contribution in [2.75, 3.05) is 18.4 Å². The molecule has 1 aromatic heterocycles. The molecule has 0 bridgehead atoms. The topological polar surface area (TPSA) is 79.4 Å². The van der Waals surface area contributed by atoms with E-state index >= 15 is 0 Å². The molecule has 0 spiro atoms. The minimum atomic E-state index is -3.60. The summed E-state index contributed by atoms with van der Waals surface area (Å²) in [5.74, 6) is -0.420. The summed E-state index contributed by atoms with van der Waals surface area (Å²) in [5, 5.41) is 4.46. The molecule has 1 fully saturated rings. The van der Waals surface area contributed by atoms with Gasteiger partial charge in [-0.3, -0.25) is 4.79 Å². The number of fused-ring (bicyclic) bond motifs is 1. The highest BCUT2D eigenvalue weighted by Crippen LogP contribution is 2.34. The normalized spacial score (nSPS) is 16.1. The number of hydrogen-bond donors (Lipinski definition) is 1. The van der Waals surface area contributed by atoms with Crippen LogP contribution in [-0.2, 0) is 14.8 Å². The molecule has 3 aromatic rings. The molecule has 6 nitrogen and oxygen atoms in total. The summed E-state index contributed by atoms with van der Waals surface area (Å²) in [6.45, 7) is 2.52. The van der Waals surface area contributed by atoms with Gasteiger partial charge in [0.25, 0.3) is 0 Å². The monoisotopic (exact) mass is 483 g/mol. The molecule has 0 aliphatic carbocycles. The van der Waals surface area contributed by atoms with Crippen LogP contribution in [0.2, 0.25) is 10.0 Å². The summed E-state index contributed by atoms with van der Waals surface area (Å²) in [7, 11) is -3.60. The van der Waals surface area contributed by atoms with E-state index in [0.717, 1.165) is 15.8 Å². The molecular formula is C20H19Cl2N3O3S2. The van der Waals surface area contributed by atoms with Gasteiger partial charge in [0.15, 0.2) is 5.13 Å². The Balaban J connectivity index is 1.42. The van der Waals surface area contributed by atoms with Crippen molar-refractivity contribution in [2.24, 2.45) is 5.92 Å². The molecule has 0 radical (unpaired) electrons. The Kier molecular flexibility index (Phi) is 6.05. The van der Waals surface area contributed by atoms with Crippen molar-refractivity contribution in [2.45, 2.75) is 24.7 Å². The number of sulfonamides is 1. The summed E-state index contributed by atoms with van der Waals surface area (Å²) >= 11 is 13.4. The smallest absolute Gasteiger partial charge is 0.243 e. The number of rotatable bonds is 4. The lowest BCUT2D eigenvalue weighted by molar-refractivity contribution is -0.120. The van der Waals surface area contributed by atoms with Crippen molar-refractivity contribution >= 4 is 65.8 Å². The van der Waals surface area contributed by atoms with Crippen LogP contribution in [0.1, 0.15) is 18.4 Å². The third-order valence-corrected chi connectivity index (χ3v) is 8.80. The second-order valence-corrected chi connectivity index (χ2v) is 11.0. The first-order valence-electron chi connectivity index (χ1n) is 9.38. The number of piperidine rings is 1. The van der Waals surface area contributed by atoms with Crippen LogP contribution in [0.3, 0.4) is 0 Å². The molecule has 1 saturated heterocycles. The van der Waals surface area contributed by atoms with Crippen LogP contribution in [-0.4, -0.2) is 36.7 Å². The number of halogens is 2. The summed E-state index contributed by atoms with van der Waals surface area (Å²) in [6.07, 6.45) is 0.896. The van der Waals surface area contributed by atoms with Crippen molar-refractivity contribution < 1.29 is 13.2 Å². The van der Waals surface area contributed by atoms with Gasteiger partial charge in [-0.1, -0.05) is 40.6 Å². The van der Waals surface area contributed by atoms with Crippen LogP contribution in [0.4, 0.5) is 5.13 Å². The molecule has 0 atom stereocenters. The molecule has 0 saturated carbocycles. The molecule has 158 valence electrons. The van der Waals surface area contributed by atoms with E-state index in [9.17, 15) is 13.2 Å². The van der Waals surface area contributed by atoms with Gasteiger partial charge in [-0.15, -0.1) is 0 Å². The van der Waals surface area contributed by atoms with Crippen LogP contribution in [0, 0.1) is 12.8 Å². The lowest BCUT2D eigenvalue weighted by atomic mass is 9.97. The average Bonchev–Trinajstić information content (AvgIpc) is 3.16. The van der Waals surface area contributed by atoms with Crippen LogP contribution >= 0.6 is 34.5 Å². The zero-order valence-electron chi connectivity index (χ0n) is 16.1. The Hall–Kier alpha value is -1.71. The molecule has 10 heteroatoms. The van der Waals surface area contributed by atoms with Crippen LogP contribution < -0.4 is 5.32 Å². The fourth-order valence-electron chi connectivity index (χ4n) is 3.48. The molecule has 30 heavy (non-hydrogen) atoms. The van der Waals surface area contributed by atoms with E-state index in [1.165, 1.54) is 27.8 Å². The maximum absolute atomic E-state index is 12.8. The average molecular weight is 484 g/mol. The van der Waals surface area contributed by atoms with Gasteiger partial charge in [0.1, 0.15) is 0 Å². The quantitative estimate of drug-likeness (QED) is 0.568. The SMILES string of the molecule is Cc1ccc(Cl)c2sc(NC(=O)C3CCN(S(=O)(=O)c4ccc(Cl)cc4)CC3)nc12. The molecule has 1 N–H and O–H groups in total. The van der Waals surface area contributed by atoms with Gasteiger partial charge in [-0.2, -0.15) is 4.31 Å². The van der Waals surface area contributed by atoms with E-state index in [0.29, 0.717) is 28.0 Å². The Morgan fingerprint density at radius 3 is 2.43 bits per heavy atom. The van der Waals surface area contributed by atoms with Crippen molar-refractivity contribution in [3.8, 4) is 0 Å². The van der Waals surface area contributed by atoms with E-state index in [1.54, 1.807) is 12.1 Å². The fourth-order valence-corrected chi connectivity index (χ4v) is 6.29. The highest BCUT2D eigenvalue weighted by Gasteiger charge is 2.32. The predicted molar refractivity (Wildman–Crippen MR) is 121 cm³/mol. The summed E-state index contributed by atoms with van der Waals surface area (Å²) in [6, 6.07) is 9.82. The van der Waals surface area contributed by atoms with Crippen LogP contribution in [0.15, 0.2) is 41.3 Å². The van der Waals surface area contributed by atoms with Crippen molar-refractivity contribution in [3.05, 3.63) is 52.0 Å². The number of amides is 1. The number of thiazole rings is 1. The fraction of sp³-hybridized carbons (Fsp3) is 0.300. The number of carbonyl (C=O) groups excluding carboxylic acids is 1. The minimum absolute atomic E-state index is 0.147. The molecule has 0 unspecified atom stereocenters. The van der Waals surface area contributed by atoms with Gasteiger partial charge in [0, 0.05) is 24.0 Å². The Bertz CT molecular complexity index is 1160. The molecule has 2 aromatic carbocycles. The van der Waals surface area contributed by atoms with Gasteiger partial charge in [-0.25, -0.2) is 13.4 Å². The van der Waals surface area contributed by atoms with Gasteiger partial charge < -0.3 is 5.32 Å². The number of anilines is 1. The van der Waals surface area contributed by atoms with E-state index in [1.807, 2.05) is 19.1 Å². The van der Waals surface area contributed by atoms with Gasteiger partial charge in [0.2, 0.25) is 15.9 Å². The predicted octanol–water partition coefficient (Wildman–Crippen LogP) is 4.95. The summed E-state index contributed by atoms with van der Waals surface area (Å²) < 4.78 is 27.8. The number of nitrogens with one attached hydrogen (secondary N) is 1. The van der Waals surface area contributed by atoms with Gasteiger partial charge >= 0.3 is 0 Å². The lowest BCUT2D eigenvalue weighted by Crippen LogP contribution is -2.41. The first kappa shape index (κ1) is 21.5. The van der Waals surface area contributed by atoms with Crippen molar-refractivity contribution in [1.29, 1.82) is 0 Å². The maximum atomic E-state index is 12.8. The zero-order valence-corrected chi connectivity index (χ0v) is 19.2. The third-order valence-electron chi connectivity index (χ3n) is 5.20. The Morgan fingerprint density at radius 2 is 1.80 bits per heavy atom.